The molecule has 47 heavy (non-hydrogen) atoms. The average molecular weight is 682 g/mol. The van der Waals surface area contributed by atoms with E-state index in [1.807, 2.05) is 46.6 Å². The average Bonchev–Trinajstić information content (AvgIpc) is 2.90. The fraction of sp³-hybridized carbons (Fsp3) is 0.343. The van der Waals surface area contributed by atoms with Gasteiger partial charge >= 0.3 is 5.97 Å². The number of carbonyl (C=O) groups is 1. The predicted octanol–water partition coefficient (Wildman–Crippen LogP) is 5.06. The molecule has 2 aliphatic rings. The molecule has 1 atom stereocenters. The Balaban J connectivity index is 1.91. The van der Waals surface area contributed by atoms with Crippen LogP contribution in [-0.4, -0.2) is 61.1 Å². The summed E-state index contributed by atoms with van der Waals surface area (Å²) in [6, 6.07) is 13.4. The van der Waals surface area contributed by atoms with Gasteiger partial charge in [-0.05, 0) is 71.9 Å². The van der Waals surface area contributed by atoms with Crippen molar-refractivity contribution in [1.82, 2.24) is 0 Å². The van der Waals surface area contributed by atoms with Crippen LogP contribution in [0, 0.1) is 5.41 Å². The monoisotopic (exact) mass is 681 g/mol. The molecule has 1 unspecified atom stereocenters. The molecule has 3 aromatic carbocycles. The van der Waals surface area contributed by atoms with E-state index >= 15 is 0 Å². The quantitative estimate of drug-likeness (QED) is 0.215. The number of carboxylic acids is 1. The third kappa shape index (κ3) is 7.15. The van der Waals surface area contributed by atoms with Crippen molar-refractivity contribution in [2.24, 2.45) is 5.41 Å². The van der Waals surface area contributed by atoms with Crippen LogP contribution in [0.3, 0.4) is 0 Å². The number of benzene rings is 3. The maximum absolute atomic E-state index is 12.5. The number of hydrogen-bond donors (Lipinski definition) is 3. The molecule has 0 fully saturated rings. The second-order valence-electron chi connectivity index (χ2n) is 14.1. The van der Waals surface area contributed by atoms with Crippen molar-refractivity contribution in [2.45, 2.75) is 52.5 Å². The Morgan fingerprint density at radius 2 is 1.62 bits per heavy atom. The molecule has 5 rings (SSSR count). The summed E-state index contributed by atoms with van der Waals surface area (Å²) in [4.78, 5) is 14.5. The Labute approximate surface area is 275 Å². The van der Waals surface area contributed by atoms with Gasteiger partial charge in [0.2, 0.25) is 0 Å². The van der Waals surface area contributed by atoms with Gasteiger partial charge in [0.15, 0.2) is 0 Å². The molecular weight excluding hydrogens is 643 g/mol. The standard InChI is InChI=1S/C35H39NO9S2/c1-20-12-30-27(13-25(20)21(16-34(2,3)4)18-46(39,40)41)32(23-10-8-9-11-24(23)33(37)38)28-14-26-22(19-47(42,43)44)17-35(5,6)36(7)29(26)15-31(28)45-30/h8-15,17,21H,1,16,18-19H2,2-7H3,(H,37,38)(H,39,40,41)(H,42,43,44). The van der Waals surface area contributed by atoms with Crippen LogP contribution in [-0.2, 0) is 20.2 Å². The van der Waals surface area contributed by atoms with Crippen molar-refractivity contribution in [3.63, 3.8) is 0 Å². The number of rotatable bonds is 8. The summed E-state index contributed by atoms with van der Waals surface area (Å²) in [5.41, 5.74) is 2.47. The zero-order chi connectivity index (χ0) is 34.9. The first-order chi connectivity index (χ1) is 21.5. The Morgan fingerprint density at radius 3 is 2.21 bits per heavy atom. The van der Waals surface area contributed by atoms with E-state index in [9.17, 15) is 35.8 Å². The minimum atomic E-state index is -4.42. The maximum atomic E-state index is 12.5. The number of hydrogen-bond acceptors (Lipinski definition) is 7. The molecule has 250 valence electrons. The fourth-order valence-corrected chi connectivity index (χ4v) is 8.04. The largest absolute Gasteiger partial charge is 0.478 e. The summed E-state index contributed by atoms with van der Waals surface area (Å²) in [6.45, 7) is 13.9. The van der Waals surface area contributed by atoms with E-state index in [0.29, 0.717) is 67.4 Å². The second kappa shape index (κ2) is 11.6. The summed E-state index contributed by atoms with van der Waals surface area (Å²) in [6.07, 6.45) is 2.17. The molecule has 0 aliphatic carbocycles. The van der Waals surface area contributed by atoms with Gasteiger partial charge < -0.3 is 14.7 Å². The molecule has 2 heterocycles. The van der Waals surface area contributed by atoms with Crippen LogP contribution >= 0.6 is 0 Å². The van der Waals surface area contributed by atoms with Crippen LogP contribution in [0.25, 0.3) is 17.7 Å². The number of ether oxygens (including phenoxy) is 1. The van der Waals surface area contributed by atoms with Gasteiger partial charge in [-0.2, -0.15) is 16.8 Å². The van der Waals surface area contributed by atoms with E-state index in [-0.39, 0.29) is 11.0 Å². The molecule has 0 amide bonds. The molecule has 0 aromatic heterocycles. The lowest BCUT2D eigenvalue weighted by Gasteiger charge is -2.41. The van der Waals surface area contributed by atoms with Gasteiger partial charge in [-0.3, -0.25) is 9.11 Å². The van der Waals surface area contributed by atoms with Gasteiger partial charge in [0.1, 0.15) is 17.3 Å². The minimum Gasteiger partial charge on any atom is -0.478 e. The fourth-order valence-electron chi connectivity index (χ4n) is 6.60. The van der Waals surface area contributed by atoms with Crippen molar-refractivity contribution in [3.8, 4) is 11.5 Å². The van der Waals surface area contributed by atoms with Crippen LogP contribution in [0.5, 0.6) is 11.5 Å². The summed E-state index contributed by atoms with van der Waals surface area (Å²) in [5.74, 6) is -2.23. The Bertz CT molecular complexity index is 2180. The first kappa shape index (κ1) is 34.4. The molecule has 0 bridgehead atoms. The molecule has 0 saturated heterocycles. The smallest absolute Gasteiger partial charge is 0.336 e. The Kier molecular flexibility index (Phi) is 8.50. The number of aromatic carboxylic acids is 1. The number of likely N-dealkylation sites (N-methyl/N-ethyl adjacent to an activating group) is 1. The van der Waals surface area contributed by atoms with E-state index in [0.717, 1.165) is 0 Å². The van der Waals surface area contributed by atoms with Crippen molar-refractivity contribution < 1.29 is 40.6 Å². The van der Waals surface area contributed by atoms with Crippen LogP contribution in [0.2, 0.25) is 0 Å². The first-order valence-corrected chi connectivity index (χ1v) is 18.2. The lowest BCUT2D eigenvalue weighted by molar-refractivity contribution is 0.0696. The number of nitrogens with zero attached hydrogens (tertiary/aromatic N) is 1. The number of carboxylic acid groups (broad SMARTS) is 1. The van der Waals surface area contributed by atoms with Gasteiger partial charge in [0.05, 0.1) is 16.9 Å². The highest BCUT2D eigenvalue weighted by Gasteiger charge is 2.35. The molecule has 3 aromatic rings. The lowest BCUT2D eigenvalue weighted by atomic mass is 9.80. The Hall–Kier alpha value is -3.97. The van der Waals surface area contributed by atoms with Gasteiger partial charge in [0, 0.05) is 46.6 Å². The molecule has 10 nitrogen and oxygen atoms in total. The molecule has 2 aliphatic heterocycles. The van der Waals surface area contributed by atoms with Crippen LogP contribution in [0.4, 0.5) is 5.69 Å². The van der Waals surface area contributed by atoms with E-state index in [4.69, 9.17) is 4.74 Å². The SMILES string of the molecule is C=c1cc2c(cc1C(CC(C)(C)C)CS(=O)(=O)O)=C(c1ccccc1C(=O)O)c1cc3c(cc1O2)N(C)C(C)(C)C=C3CS(=O)(=O)O. The van der Waals surface area contributed by atoms with E-state index in [2.05, 4.69) is 6.58 Å². The highest BCUT2D eigenvalue weighted by molar-refractivity contribution is 7.86. The minimum absolute atomic E-state index is 0.00963. The predicted molar refractivity (Wildman–Crippen MR) is 183 cm³/mol. The molecule has 0 spiro atoms. The summed E-state index contributed by atoms with van der Waals surface area (Å²) in [7, 11) is -6.94. The van der Waals surface area contributed by atoms with E-state index in [1.54, 1.807) is 48.5 Å². The highest BCUT2D eigenvalue weighted by atomic mass is 32.2. The number of fused-ring (bicyclic) bond motifs is 3. The van der Waals surface area contributed by atoms with Gasteiger partial charge in [0.25, 0.3) is 20.2 Å². The molecule has 0 radical (unpaired) electrons. The zero-order valence-corrected chi connectivity index (χ0v) is 28.8. The van der Waals surface area contributed by atoms with Gasteiger partial charge in [-0.25, -0.2) is 4.79 Å². The topological polar surface area (TPSA) is 159 Å². The summed E-state index contributed by atoms with van der Waals surface area (Å²) < 4.78 is 74.8. The second-order valence-corrected chi connectivity index (χ2v) is 17.0. The Morgan fingerprint density at radius 1 is 0.957 bits per heavy atom. The first-order valence-electron chi connectivity index (χ1n) is 15.0. The third-order valence-corrected chi connectivity index (χ3v) is 10.2. The maximum Gasteiger partial charge on any atom is 0.336 e. The molecular formula is C35H39NO9S2. The van der Waals surface area contributed by atoms with Crippen LogP contribution in [0.15, 0.2) is 54.6 Å². The van der Waals surface area contributed by atoms with Crippen molar-refractivity contribution >= 4 is 49.6 Å². The number of anilines is 1. The molecule has 3 N–H and O–H groups in total. The normalized spacial score (nSPS) is 16.4. The summed E-state index contributed by atoms with van der Waals surface area (Å²) >= 11 is 0. The highest BCUT2D eigenvalue weighted by Crippen LogP contribution is 2.46. The van der Waals surface area contributed by atoms with Crippen molar-refractivity contribution in [3.05, 3.63) is 92.9 Å². The molecule has 0 saturated carbocycles. The van der Waals surface area contributed by atoms with Crippen molar-refractivity contribution in [2.75, 3.05) is 23.5 Å². The van der Waals surface area contributed by atoms with E-state index < -0.39 is 49.2 Å². The van der Waals surface area contributed by atoms with Gasteiger partial charge in [-0.15, -0.1) is 0 Å². The van der Waals surface area contributed by atoms with E-state index in [1.165, 1.54) is 6.07 Å². The van der Waals surface area contributed by atoms with Crippen LogP contribution < -0.4 is 20.1 Å². The third-order valence-electron chi connectivity index (χ3n) is 8.67. The summed E-state index contributed by atoms with van der Waals surface area (Å²) in [5, 5.41) is 11.2. The zero-order valence-electron chi connectivity index (χ0n) is 27.2. The van der Waals surface area contributed by atoms with Crippen LogP contribution in [0.1, 0.15) is 79.6 Å². The van der Waals surface area contributed by atoms with Crippen molar-refractivity contribution in [1.29, 1.82) is 0 Å². The lowest BCUT2D eigenvalue weighted by Crippen LogP contribution is -2.42. The molecule has 12 heteroatoms. The van der Waals surface area contributed by atoms with Gasteiger partial charge in [-0.1, -0.05) is 51.6 Å².